The Morgan fingerprint density at radius 2 is 1.78 bits per heavy atom. The third kappa shape index (κ3) is 32.8. The third-order valence-electron chi connectivity index (χ3n) is 0.197. The Morgan fingerprint density at radius 1 is 1.33 bits per heavy atom. The van der Waals surface area contributed by atoms with Crippen LogP contribution in [0.1, 0.15) is 0 Å². The minimum atomic E-state index is -0.346. The van der Waals surface area contributed by atoms with Gasteiger partial charge in [0.05, 0.1) is 0 Å². The van der Waals surface area contributed by atoms with Crippen molar-refractivity contribution in [2.24, 2.45) is 0 Å². The van der Waals surface area contributed by atoms with E-state index in [2.05, 4.69) is 18.3 Å². The van der Waals surface area contributed by atoms with E-state index in [1.165, 1.54) is 0 Å². The second kappa shape index (κ2) is 15.7. The van der Waals surface area contributed by atoms with Gasteiger partial charge in [-0.1, -0.05) is 0 Å². The summed E-state index contributed by atoms with van der Waals surface area (Å²) in [5.41, 5.74) is 0. The van der Waals surface area contributed by atoms with E-state index in [4.69, 9.17) is 25.8 Å². The van der Waals surface area contributed by atoms with E-state index in [9.17, 15) is 0 Å². The van der Waals surface area contributed by atoms with Crippen LogP contribution in [0, 0.1) is 36.5 Å². The van der Waals surface area contributed by atoms with Crippen LogP contribution in [0.5, 0.6) is 0 Å². The normalized spacial score (nSPS) is 4.44. The fraction of sp³-hybridized carbons (Fsp3) is 0. The molecule has 0 atom stereocenters. The molecule has 0 fully saturated rings. The van der Waals surface area contributed by atoms with E-state index in [0.29, 0.717) is 0 Å². The van der Waals surface area contributed by atoms with Gasteiger partial charge in [0.25, 0.3) is 0 Å². The van der Waals surface area contributed by atoms with Gasteiger partial charge in [0, 0.05) is 0 Å². The van der Waals surface area contributed by atoms with E-state index in [-0.39, 0.29) is 15.1 Å². The van der Waals surface area contributed by atoms with Crippen LogP contribution >= 0.6 is 19.4 Å². The zero-order valence-electron chi connectivity index (χ0n) is 4.19. The van der Waals surface area contributed by atoms with Crippen molar-refractivity contribution in [3.8, 4) is 30.1 Å². The fourth-order valence-corrected chi connectivity index (χ4v) is 0.0673. The van der Waals surface area contributed by atoms with Crippen molar-refractivity contribution < 1.29 is 15.1 Å². The average Bonchev–Trinajstić information content (AvgIpc) is 1.86. The second-order valence-corrected chi connectivity index (χ2v) is 3.21. The molecule has 0 nitrogen and oxygen atoms in total. The summed E-state index contributed by atoms with van der Waals surface area (Å²) in [6.45, 7) is 0. The van der Waals surface area contributed by atoms with Gasteiger partial charge >= 0.3 is 34.5 Å². The molecule has 0 aromatic carbocycles. The van der Waals surface area contributed by atoms with Crippen LogP contribution in [0.25, 0.3) is 0 Å². The molecule has 0 aliphatic heterocycles. The van der Waals surface area contributed by atoms with Crippen molar-refractivity contribution in [1.29, 1.82) is 0 Å². The molecule has 0 bridgehead atoms. The maximum atomic E-state index is 6.19. The minimum absolute atomic E-state index is 0.346. The molecular formula is C6HCl2Ru-. The van der Waals surface area contributed by atoms with Gasteiger partial charge in [-0.15, -0.1) is 12.3 Å². The maximum absolute atomic E-state index is 6.19. The molecule has 0 saturated carbocycles. The first-order chi connectivity index (χ1) is 4.33. The fourth-order valence-electron chi connectivity index (χ4n) is 0.0673. The molecule has 0 saturated heterocycles. The van der Waals surface area contributed by atoms with Crippen molar-refractivity contribution in [3.05, 3.63) is 6.42 Å². The van der Waals surface area contributed by atoms with Crippen molar-refractivity contribution in [3.63, 3.8) is 0 Å². The first-order valence-corrected chi connectivity index (χ1v) is 6.03. The van der Waals surface area contributed by atoms with Crippen LogP contribution in [0.15, 0.2) is 0 Å². The molecule has 3 heteroatoms. The standard InChI is InChI=1S/C6H.2ClH.Ru/c1-3-5-6-4-2;;;/h1H;2*1H;/q-1;;;+2/p-2. The summed E-state index contributed by atoms with van der Waals surface area (Å²) in [6, 6.07) is 0. The SMILES string of the molecule is [C-]#CC#CC#C.[Cl][Ru][Cl]. The molecule has 0 heterocycles. The summed E-state index contributed by atoms with van der Waals surface area (Å²) in [7, 11) is 9.71. The summed E-state index contributed by atoms with van der Waals surface area (Å²) >= 11 is -0.346. The summed E-state index contributed by atoms with van der Waals surface area (Å²) in [5, 5.41) is 0. The van der Waals surface area contributed by atoms with Crippen molar-refractivity contribution in [2.45, 2.75) is 0 Å². The zero-order chi connectivity index (χ0) is 7.54. The van der Waals surface area contributed by atoms with Crippen molar-refractivity contribution in [2.75, 3.05) is 0 Å². The van der Waals surface area contributed by atoms with Crippen LogP contribution in [0.4, 0.5) is 0 Å². The second-order valence-electron chi connectivity index (χ2n) is 0.570. The van der Waals surface area contributed by atoms with Crippen molar-refractivity contribution in [1.82, 2.24) is 0 Å². The molecule has 0 spiro atoms. The van der Waals surface area contributed by atoms with Crippen LogP contribution in [-0.4, -0.2) is 0 Å². The van der Waals surface area contributed by atoms with Gasteiger partial charge in [-0.3, -0.25) is 5.92 Å². The molecule has 0 aliphatic rings. The number of halogens is 2. The Balaban J connectivity index is 0. The summed E-state index contributed by atoms with van der Waals surface area (Å²) in [6.07, 6.45) is 10.9. The molecule has 0 amide bonds. The van der Waals surface area contributed by atoms with Crippen LogP contribution in [0.2, 0.25) is 0 Å². The number of rotatable bonds is 0. The molecule has 0 aromatic rings. The average molecular weight is 245 g/mol. The summed E-state index contributed by atoms with van der Waals surface area (Å²) in [4.78, 5) is 0. The van der Waals surface area contributed by atoms with Gasteiger partial charge in [0.2, 0.25) is 0 Å². The molecule has 0 aliphatic carbocycles. The zero-order valence-corrected chi connectivity index (χ0v) is 7.44. The van der Waals surface area contributed by atoms with Gasteiger partial charge in [0.15, 0.2) is 0 Å². The van der Waals surface area contributed by atoms with E-state index >= 15 is 0 Å². The number of terminal acetylenes is 1. The van der Waals surface area contributed by atoms with Crippen LogP contribution in [0.3, 0.4) is 0 Å². The predicted octanol–water partition coefficient (Wildman–Crippen LogP) is 1.59. The van der Waals surface area contributed by atoms with Gasteiger partial charge in [-0.25, -0.2) is 5.92 Å². The Bertz CT molecular complexity index is 156. The van der Waals surface area contributed by atoms with Gasteiger partial charge in [0.1, 0.15) is 0 Å². The predicted molar refractivity (Wildman–Crippen MR) is 35.4 cm³/mol. The van der Waals surface area contributed by atoms with E-state index in [0.717, 1.165) is 0 Å². The first kappa shape index (κ1) is 11.7. The topological polar surface area (TPSA) is 0 Å². The summed E-state index contributed by atoms with van der Waals surface area (Å²) < 4.78 is 0. The Kier molecular flexibility index (Phi) is 20.3. The third-order valence-corrected chi connectivity index (χ3v) is 0.197. The molecule has 0 unspecified atom stereocenters. The molecule has 0 radical (unpaired) electrons. The Morgan fingerprint density at radius 3 is 1.89 bits per heavy atom. The Hall–Kier alpha value is -0.117. The van der Waals surface area contributed by atoms with Gasteiger partial charge < -0.3 is 6.42 Å². The molecular weight excluding hydrogens is 244 g/mol. The quantitative estimate of drug-likeness (QED) is 0.345. The van der Waals surface area contributed by atoms with Gasteiger partial charge in [-0.05, 0) is 5.92 Å². The molecule has 0 aromatic heterocycles. The van der Waals surface area contributed by atoms with Crippen LogP contribution < -0.4 is 0 Å². The van der Waals surface area contributed by atoms with Crippen LogP contribution in [-0.2, 0) is 15.1 Å². The number of hydrogen-bond donors (Lipinski definition) is 0. The molecule has 48 valence electrons. The molecule has 0 N–H and O–H groups in total. The van der Waals surface area contributed by atoms with E-state index in [1.807, 2.05) is 11.8 Å². The summed E-state index contributed by atoms with van der Waals surface area (Å²) in [5.74, 6) is 8.15. The first-order valence-electron chi connectivity index (χ1n) is 1.56. The number of hydrogen-bond acceptors (Lipinski definition) is 0. The molecule has 0 rings (SSSR count). The van der Waals surface area contributed by atoms with E-state index in [1.54, 1.807) is 0 Å². The monoisotopic (exact) mass is 245 g/mol. The van der Waals surface area contributed by atoms with E-state index < -0.39 is 0 Å². The Labute approximate surface area is 71.0 Å². The van der Waals surface area contributed by atoms with Gasteiger partial charge in [-0.2, -0.15) is 0 Å². The molecule has 9 heavy (non-hydrogen) atoms. The van der Waals surface area contributed by atoms with Crippen molar-refractivity contribution >= 4 is 19.4 Å².